The lowest BCUT2D eigenvalue weighted by Gasteiger charge is -2.19. The summed E-state index contributed by atoms with van der Waals surface area (Å²) < 4.78 is 0. The monoisotopic (exact) mass is 346 g/mol. The maximum atomic E-state index is 12.5. The summed E-state index contributed by atoms with van der Waals surface area (Å²) in [5.74, 6) is -0.0700. The van der Waals surface area contributed by atoms with Gasteiger partial charge < -0.3 is 10.2 Å². The maximum Gasteiger partial charge on any atom is 0.251 e. The number of carbonyl (C=O) groups excluding carboxylic acids is 1. The molecule has 0 aliphatic carbocycles. The number of para-hydroxylation sites is 1. The van der Waals surface area contributed by atoms with Gasteiger partial charge >= 0.3 is 0 Å². The number of anilines is 1. The Morgan fingerprint density at radius 3 is 2.69 bits per heavy atom. The van der Waals surface area contributed by atoms with Crippen LogP contribution in [0.4, 0.5) is 5.69 Å². The van der Waals surface area contributed by atoms with E-state index in [1.807, 2.05) is 32.0 Å². The van der Waals surface area contributed by atoms with Gasteiger partial charge in [0.1, 0.15) is 0 Å². The van der Waals surface area contributed by atoms with Gasteiger partial charge in [0.25, 0.3) is 5.91 Å². The number of rotatable bonds is 4. The van der Waals surface area contributed by atoms with Crippen molar-refractivity contribution < 1.29 is 4.79 Å². The molecule has 0 unspecified atom stereocenters. The van der Waals surface area contributed by atoms with Gasteiger partial charge in [-0.1, -0.05) is 18.2 Å². The van der Waals surface area contributed by atoms with Crippen molar-refractivity contribution in [3.8, 4) is 0 Å². The van der Waals surface area contributed by atoms with Gasteiger partial charge in [-0.05, 0) is 50.1 Å². The molecular weight excluding hydrogens is 324 g/mol. The van der Waals surface area contributed by atoms with E-state index in [4.69, 9.17) is 0 Å². The molecule has 3 aromatic rings. The Morgan fingerprint density at radius 1 is 1.08 bits per heavy atom. The minimum atomic E-state index is -0.0700. The van der Waals surface area contributed by atoms with E-state index in [-0.39, 0.29) is 5.91 Å². The number of aromatic nitrogens is 2. The Bertz CT molecular complexity index is 983. The number of nitrogens with one attached hydrogen (secondary N) is 1. The first kappa shape index (κ1) is 16.5. The second-order valence-corrected chi connectivity index (χ2v) is 6.72. The average Bonchev–Trinajstić information content (AvgIpc) is 3.05. The molecule has 1 N–H and O–H groups in total. The predicted molar refractivity (Wildman–Crippen MR) is 104 cm³/mol. The molecule has 0 radical (unpaired) electrons. The molecule has 0 atom stereocenters. The smallest absolute Gasteiger partial charge is 0.251 e. The number of benzene rings is 2. The molecule has 5 heteroatoms. The number of carbonyl (C=O) groups is 1. The summed E-state index contributed by atoms with van der Waals surface area (Å²) in [5, 5.41) is 3.02. The predicted octanol–water partition coefficient (Wildman–Crippen LogP) is 3.04. The second kappa shape index (κ2) is 6.75. The van der Waals surface area contributed by atoms with Gasteiger partial charge in [0.15, 0.2) is 0 Å². The van der Waals surface area contributed by atoms with Gasteiger partial charge in [0.05, 0.1) is 22.4 Å². The lowest BCUT2D eigenvalue weighted by molar-refractivity contribution is 0.0955. The largest absolute Gasteiger partial charge is 0.369 e. The molecule has 2 aromatic carbocycles. The molecule has 1 aliphatic heterocycles. The van der Waals surface area contributed by atoms with Crippen LogP contribution < -0.4 is 10.2 Å². The van der Waals surface area contributed by atoms with Crippen LogP contribution in [0.3, 0.4) is 0 Å². The highest BCUT2D eigenvalue weighted by atomic mass is 16.1. The zero-order valence-electron chi connectivity index (χ0n) is 15.1. The van der Waals surface area contributed by atoms with Crippen molar-refractivity contribution in [1.29, 1.82) is 0 Å². The summed E-state index contributed by atoms with van der Waals surface area (Å²) in [6.07, 6.45) is 1.08. The lowest BCUT2D eigenvalue weighted by Crippen LogP contribution is -2.34. The number of amides is 1. The molecule has 1 aliphatic rings. The Morgan fingerprint density at radius 2 is 1.85 bits per heavy atom. The molecule has 4 rings (SSSR count). The van der Waals surface area contributed by atoms with Crippen molar-refractivity contribution in [3.63, 3.8) is 0 Å². The normalized spacial score (nSPS) is 13.1. The standard InChI is InChI=1S/C21H22N4O/c1-14-15(2)24-19-13-17(7-8-18(19)23-14)21(26)22-10-12-25-11-9-16-5-3-4-6-20(16)25/h3-8,13H,9-12H2,1-2H3,(H,22,26). The van der Waals surface area contributed by atoms with Gasteiger partial charge in [-0.25, -0.2) is 9.97 Å². The molecule has 132 valence electrons. The summed E-state index contributed by atoms with van der Waals surface area (Å²) in [6.45, 7) is 6.32. The molecule has 2 heterocycles. The molecular formula is C21H22N4O. The lowest BCUT2D eigenvalue weighted by atomic mass is 10.1. The topological polar surface area (TPSA) is 58.1 Å². The van der Waals surface area contributed by atoms with Crippen molar-refractivity contribution >= 4 is 22.6 Å². The van der Waals surface area contributed by atoms with Gasteiger partial charge in [0.2, 0.25) is 0 Å². The molecule has 0 fully saturated rings. The third-order valence-corrected chi connectivity index (χ3v) is 4.99. The first-order valence-corrected chi connectivity index (χ1v) is 8.98. The SMILES string of the molecule is Cc1nc2ccc(C(=O)NCCN3CCc4ccccc43)cc2nc1C. The third-order valence-electron chi connectivity index (χ3n) is 4.99. The third kappa shape index (κ3) is 3.12. The van der Waals surface area contributed by atoms with E-state index in [2.05, 4.69) is 44.5 Å². The summed E-state index contributed by atoms with van der Waals surface area (Å²) >= 11 is 0. The number of hydrogen-bond acceptors (Lipinski definition) is 4. The molecule has 1 amide bonds. The fourth-order valence-electron chi connectivity index (χ4n) is 3.42. The van der Waals surface area contributed by atoms with E-state index in [1.165, 1.54) is 11.3 Å². The van der Waals surface area contributed by atoms with Crippen LogP contribution in [0.1, 0.15) is 27.3 Å². The summed E-state index contributed by atoms with van der Waals surface area (Å²) in [7, 11) is 0. The van der Waals surface area contributed by atoms with Gasteiger partial charge in [-0.2, -0.15) is 0 Å². The highest BCUT2D eigenvalue weighted by Gasteiger charge is 2.18. The number of aryl methyl sites for hydroxylation is 2. The number of fused-ring (bicyclic) bond motifs is 2. The van der Waals surface area contributed by atoms with Gasteiger partial charge in [-0.15, -0.1) is 0 Å². The molecule has 0 bridgehead atoms. The van der Waals surface area contributed by atoms with Crippen molar-refractivity contribution in [2.45, 2.75) is 20.3 Å². The van der Waals surface area contributed by atoms with Crippen molar-refractivity contribution in [2.24, 2.45) is 0 Å². The number of nitrogens with zero attached hydrogens (tertiary/aromatic N) is 3. The molecule has 1 aromatic heterocycles. The minimum absolute atomic E-state index is 0.0700. The molecule has 26 heavy (non-hydrogen) atoms. The van der Waals surface area contributed by atoms with E-state index < -0.39 is 0 Å². The summed E-state index contributed by atoms with van der Waals surface area (Å²) in [4.78, 5) is 23.9. The molecule has 5 nitrogen and oxygen atoms in total. The zero-order chi connectivity index (χ0) is 18.1. The summed E-state index contributed by atoms with van der Waals surface area (Å²) in [6, 6.07) is 14.0. The fraction of sp³-hybridized carbons (Fsp3) is 0.286. The molecule has 0 saturated heterocycles. The van der Waals surface area contributed by atoms with Crippen LogP contribution >= 0.6 is 0 Å². The van der Waals surface area contributed by atoms with Crippen LogP contribution in [-0.4, -0.2) is 35.5 Å². The Hall–Kier alpha value is -2.95. The maximum absolute atomic E-state index is 12.5. The van der Waals surface area contributed by atoms with Crippen LogP contribution in [0.2, 0.25) is 0 Å². The second-order valence-electron chi connectivity index (χ2n) is 6.72. The van der Waals surface area contributed by atoms with E-state index in [0.29, 0.717) is 12.1 Å². The average molecular weight is 346 g/mol. The van der Waals surface area contributed by atoms with Crippen LogP contribution in [0.15, 0.2) is 42.5 Å². The quantitative estimate of drug-likeness (QED) is 0.789. The molecule has 0 saturated carbocycles. The van der Waals surface area contributed by atoms with Gasteiger partial charge in [0, 0.05) is 30.9 Å². The van der Waals surface area contributed by atoms with E-state index in [1.54, 1.807) is 0 Å². The van der Waals surface area contributed by atoms with Crippen LogP contribution in [0.25, 0.3) is 11.0 Å². The first-order valence-electron chi connectivity index (χ1n) is 8.98. The van der Waals surface area contributed by atoms with E-state index in [0.717, 1.165) is 41.9 Å². The fourth-order valence-corrected chi connectivity index (χ4v) is 3.42. The minimum Gasteiger partial charge on any atom is -0.369 e. The van der Waals surface area contributed by atoms with Crippen molar-refractivity contribution in [3.05, 3.63) is 65.0 Å². The molecule has 0 spiro atoms. The van der Waals surface area contributed by atoms with Crippen molar-refractivity contribution in [1.82, 2.24) is 15.3 Å². The highest BCUT2D eigenvalue weighted by Crippen LogP contribution is 2.26. The Balaban J connectivity index is 1.41. The highest BCUT2D eigenvalue weighted by molar-refractivity contribution is 5.97. The van der Waals surface area contributed by atoms with Crippen LogP contribution in [0.5, 0.6) is 0 Å². The van der Waals surface area contributed by atoms with E-state index in [9.17, 15) is 4.79 Å². The zero-order valence-corrected chi connectivity index (χ0v) is 15.1. The Kier molecular flexibility index (Phi) is 4.29. The van der Waals surface area contributed by atoms with Crippen LogP contribution in [-0.2, 0) is 6.42 Å². The summed E-state index contributed by atoms with van der Waals surface area (Å²) in [5.41, 5.74) is 6.68. The Labute approximate surface area is 153 Å². The van der Waals surface area contributed by atoms with Crippen LogP contribution in [0, 0.1) is 13.8 Å². The number of hydrogen-bond donors (Lipinski definition) is 1. The van der Waals surface area contributed by atoms with E-state index >= 15 is 0 Å². The van der Waals surface area contributed by atoms with Crippen molar-refractivity contribution in [2.75, 3.05) is 24.5 Å². The first-order chi connectivity index (χ1) is 12.6. The van der Waals surface area contributed by atoms with Gasteiger partial charge in [-0.3, -0.25) is 4.79 Å².